The highest BCUT2D eigenvalue weighted by atomic mass is 32.2. The number of amides is 2. The van der Waals surface area contributed by atoms with Crippen LogP contribution in [0.5, 0.6) is 0 Å². The molecule has 4 rings (SSSR count). The normalized spacial score (nSPS) is 21.2. The molecule has 3 N–H and O–H groups in total. The van der Waals surface area contributed by atoms with E-state index in [9.17, 15) is 24.0 Å². The van der Waals surface area contributed by atoms with Crippen molar-refractivity contribution in [2.24, 2.45) is 0 Å². The highest BCUT2D eigenvalue weighted by Crippen LogP contribution is 2.41. The molecule has 0 aliphatic carbocycles. The maximum absolute atomic E-state index is 12.7. The molecule has 2 aliphatic heterocycles. The van der Waals surface area contributed by atoms with Crippen molar-refractivity contribution >= 4 is 63.8 Å². The van der Waals surface area contributed by atoms with E-state index in [1.54, 1.807) is 17.5 Å². The third-order valence-corrected chi connectivity index (χ3v) is 9.92. The summed E-state index contributed by atoms with van der Waals surface area (Å²) in [5, 5.41) is 25.0. The molecule has 1 saturated heterocycles. The second-order valence-corrected chi connectivity index (χ2v) is 11.6. The number of carboxylic acids is 1. The Morgan fingerprint density at radius 2 is 2.31 bits per heavy atom. The van der Waals surface area contributed by atoms with Crippen molar-refractivity contribution in [3.05, 3.63) is 34.5 Å². The minimum absolute atomic E-state index is 0.0412. The zero-order valence-corrected chi connectivity index (χ0v) is 20.0. The van der Waals surface area contributed by atoms with Gasteiger partial charge in [0.2, 0.25) is 4.21 Å². The fraction of sp³-hybridized carbons (Fsp3) is 0.389. The summed E-state index contributed by atoms with van der Waals surface area (Å²) in [6, 6.07) is 2.61. The van der Waals surface area contributed by atoms with E-state index in [-0.39, 0.29) is 11.4 Å². The van der Waals surface area contributed by atoms with Crippen molar-refractivity contribution in [1.82, 2.24) is 25.6 Å². The second-order valence-electron chi connectivity index (χ2n) is 6.87. The number of aromatic amines is 1. The number of fused-ring (bicyclic) bond motifs is 1. The van der Waals surface area contributed by atoms with Crippen LogP contribution in [0.4, 0.5) is 0 Å². The number of aromatic nitrogens is 3. The topological polar surface area (TPSA) is 151 Å². The number of carbonyl (C=O) groups excluding carboxylic acids is 2. The zero-order valence-electron chi connectivity index (χ0n) is 16.8. The summed E-state index contributed by atoms with van der Waals surface area (Å²) >= 11 is 2.58. The van der Waals surface area contributed by atoms with Crippen LogP contribution in [0.2, 0.25) is 0 Å². The van der Waals surface area contributed by atoms with E-state index in [0.717, 1.165) is 12.1 Å². The van der Waals surface area contributed by atoms with Gasteiger partial charge in [-0.05, 0) is 23.4 Å². The smallest absolute Gasteiger partial charge is 0.352 e. The van der Waals surface area contributed by atoms with Crippen LogP contribution in [0.25, 0.3) is 0 Å². The average Bonchev–Trinajstić information content (AvgIpc) is 3.47. The van der Waals surface area contributed by atoms with Gasteiger partial charge in [0.25, 0.3) is 11.8 Å². The summed E-state index contributed by atoms with van der Waals surface area (Å²) in [5.74, 6) is -1.64. The van der Waals surface area contributed by atoms with Gasteiger partial charge in [-0.2, -0.15) is 0 Å². The SMILES string of the molecule is CCc1[nH]nnc1SCC1=C(C(=O)O)N2C(=O)C(NC(=O)C[S+]([O-])c3cccs3)[C@H]2SC1. The van der Waals surface area contributed by atoms with Gasteiger partial charge in [-0.25, -0.2) is 4.79 Å². The lowest BCUT2D eigenvalue weighted by Gasteiger charge is -2.49. The number of carbonyl (C=O) groups is 3. The number of rotatable bonds is 9. The van der Waals surface area contributed by atoms with E-state index in [1.165, 1.54) is 39.8 Å². The highest BCUT2D eigenvalue weighted by molar-refractivity contribution is 8.01. The number of β-lactam (4-membered cyclic amide) rings is 1. The average molecular weight is 514 g/mol. The van der Waals surface area contributed by atoms with Gasteiger partial charge in [0.05, 0.1) is 5.69 Å². The van der Waals surface area contributed by atoms with Crippen molar-refractivity contribution in [3.8, 4) is 0 Å². The van der Waals surface area contributed by atoms with Crippen molar-refractivity contribution < 1.29 is 24.0 Å². The molecule has 32 heavy (non-hydrogen) atoms. The summed E-state index contributed by atoms with van der Waals surface area (Å²) in [4.78, 5) is 38.2. The summed E-state index contributed by atoms with van der Waals surface area (Å²) in [7, 11) is 0. The van der Waals surface area contributed by atoms with Gasteiger partial charge in [0.15, 0.2) is 5.75 Å². The Kier molecular flexibility index (Phi) is 7.14. The van der Waals surface area contributed by atoms with Crippen LogP contribution in [0.15, 0.2) is 38.0 Å². The molecule has 2 amide bonds. The Morgan fingerprint density at radius 3 is 3.00 bits per heavy atom. The monoisotopic (exact) mass is 513 g/mol. The first kappa shape index (κ1) is 23.2. The van der Waals surface area contributed by atoms with Gasteiger partial charge in [-0.15, -0.1) is 16.9 Å². The number of H-pyrrole nitrogens is 1. The minimum atomic E-state index is -1.48. The van der Waals surface area contributed by atoms with Gasteiger partial charge >= 0.3 is 5.97 Å². The van der Waals surface area contributed by atoms with Gasteiger partial charge in [0, 0.05) is 28.7 Å². The maximum Gasteiger partial charge on any atom is 0.352 e. The first-order chi connectivity index (χ1) is 15.4. The lowest BCUT2D eigenvalue weighted by Crippen LogP contribution is -2.70. The number of thiophene rings is 1. The van der Waals surface area contributed by atoms with E-state index in [2.05, 4.69) is 20.7 Å². The van der Waals surface area contributed by atoms with Crippen LogP contribution in [0, 0.1) is 0 Å². The van der Waals surface area contributed by atoms with Crippen molar-refractivity contribution in [2.45, 2.75) is 34.0 Å². The number of hydrogen-bond acceptors (Lipinski definition) is 9. The number of nitrogens with zero attached hydrogens (tertiary/aromatic N) is 3. The Morgan fingerprint density at radius 1 is 1.50 bits per heavy atom. The molecule has 10 nitrogen and oxygen atoms in total. The van der Waals surface area contributed by atoms with Crippen LogP contribution >= 0.6 is 34.9 Å². The number of hydrogen-bond donors (Lipinski definition) is 3. The lowest BCUT2D eigenvalue weighted by molar-refractivity contribution is -0.150. The molecule has 2 aromatic heterocycles. The van der Waals surface area contributed by atoms with Gasteiger partial charge in [-0.1, -0.05) is 35.2 Å². The van der Waals surface area contributed by atoms with Crippen LogP contribution in [0.1, 0.15) is 12.6 Å². The predicted octanol–water partition coefficient (Wildman–Crippen LogP) is 1.07. The molecule has 14 heteroatoms. The van der Waals surface area contributed by atoms with E-state index in [4.69, 9.17) is 0 Å². The number of carboxylic acid groups (broad SMARTS) is 1. The lowest BCUT2D eigenvalue weighted by atomic mass is 10.0. The molecule has 1 fully saturated rings. The Bertz CT molecular complexity index is 1060. The van der Waals surface area contributed by atoms with E-state index in [0.29, 0.717) is 26.3 Å². The quantitative estimate of drug-likeness (QED) is 0.254. The van der Waals surface area contributed by atoms with Crippen molar-refractivity contribution in [3.63, 3.8) is 0 Å². The zero-order chi connectivity index (χ0) is 22.8. The van der Waals surface area contributed by atoms with Gasteiger partial charge in [0.1, 0.15) is 22.1 Å². The fourth-order valence-electron chi connectivity index (χ4n) is 3.33. The molecule has 0 radical (unpaired) electrons. The minimum Gasteiger partial charge on any atom is -0.610 e. The van der Waals surface area contributed by atoms with E-state index < -0.39 is 40.4 Å². The van der Waals surface area contributed by atoms with E-state index in [1.807, 2.05) is 6.92 Å². The summed E-state index contributed by atoms with van der Waals surface area (Å²) in [6.45, 7) is 1.96. The third-order valence-electron chi connectivity index (χ3n) is 4.87. The Balaban J connectivity index is 1.41. The van der Waals surface area contributed by atoms with Gasteiger partial charge in [-0.3, -0.25) is 19.6 Å². The Hall–Kier alpha value is -2.00. The molecule has 0 aromatic carbocycles. The van der Waals surface area contributed by atoms with Gasteiger partial charge < -0.3 is 15.0 Å². The molecular formula is C18H19N5O5S4. The molecule has 0 bridgehead atoms. The molecule has 4 heterocycles. The molecule has 170 valence electrons. The van der Waals surface area contributed by atoms with E-state index >= 15 is 0 Å². The van der Waals surface area contributed by atoms with Crippen LogP contribution in [-0.2, 0) is 32.0 Å². The summed E-state index contributed by atoms with van der Waals surface area (Å²) in [5.41, 5.74) is 1.45. The largest absolute Gasteiger partial charge is 0.610 e. The Labute approximate surface area is 198 Å². The standard InChI is InChI=1S/C18H19N5O5S4/c1-2-10-15(21-22-20-10)30-6-9-7-31-17-13(16(25)23(17)14(9)18(26)27)19-11(24)8-32(28)12-4-3-5-29-12/h3-5,13,17H,2,6-8H2,1H3,(H,19,24)(H,26,27)(H,20,21,22)/t13?,17-,32?/m1/s1. The summed E-state index contributed by atoms with van der Waals surface area (Å²) in [6.07, 6.45) is 0.722. The van der Waals surface area contributed by atoms with Crippen molar-refractivity contribution in [1.29, 1.82) is 0 Å². The predicted molar refractivity (Wildman–Crippen MR) is 122 cm³/mol. The number of aryl methyl sites for hydroxylation is 1. The fourth-order valence-corrected chi connectivity index (χ4v) is 7.74. The van der Waals surface area contributed by atoms with Crippen LogP contribution in [-0.4, -0.2) is 76.4 Å². The third kappa shape index (κ3) is 4.55. The molecule has 2 aliphatic rings. The highest BCUT2D eigenvalue weighted by Gasteiger charge is 2.54. The second kappa shape index (κ2) is 9.87. The molecule has 2 unspecified atom stereocenters. The molecule has 0 spiro atoms. The molecular weight excluding hydrogens is 494 g/mol. The molecule has 2 aromatic rings. The first-order valence-corrected chi connectivity index (χ1v) is 13.8. The number of thioether (sulfide) groups is 2. The number of nitrogens with one attached hydrogen (secondary N) is 2. The first-order valence-electron chi connectivity index (χ1n) is 9.54. The van der Waals surface area contributed by atoms with Crippen molar-refractivity contribution in [2.75, 3.05) is 17.3 Å². The molecule has 0 saturated carbocycles. The summed E-state index contributed by atoms with van der Waals surface area (Å²) < 4.78 is 12.8. The van der Waals surface area contributed by atoms with Crippen LogP contribution in [0.3, 0.4) is 0 Å². The molecule has 3 atom stereocenters. The number of aliphatic carboxylic acids is 1. The maximum atomic E-state index is 12.7. The van der Waals surface area contributed by atoms with Crippen LogP contribution < -0.4 is 5.32 Å².